The maximum Gasteiger partial charge on any atom is 0.156 e. The van der Waals surface area contributed by atoms with Crippen LogP contribution >= 0.6 is 11.6 Å². The molecular formula is C4H7ClO2S. The Labute approximate surface area is 55.8 Å². The molecule has 8 heavy (non-hydrogen) atoms. The van der Waals surface area contributed by atoms with Gasteiger partial charge in [-0.3, -0.25) is 0 Å². The first-order chi connectivity index (χ1) is 3.77. The standard InChI is InChI=1S/C4H7ClO2S/c5-3-1-2-4-8(6)7/h1-2H,3-4H2,(H,6,7). The smallest absolute Gasteiger partial charge is 0.156 e. The van der Waals surface area contributed by atoms with Gasteiger partial charge in [0.25, 0.3) is 0 Å². The predicted molar refractivity (Wildman–Crippen MR) is 35.5 cm³/mol. The fraction of sp³-hybridized carbons (Fsp3) is 0.500. The van der Waals surface area contributed by atoms with Crippen LogP contribution in [0.4, 0.5) is 0 Å². The lowest BCUT2D eigenvalue weighted by molar-refractivity contribution is 0.567. The zero-order chi connectivity index (χ0) is 6.41. The number of hydrogen-bond acceptors (Lipinski definition) is 1. The fourth-order valence-electron chi connectivity index (χ4n) is 0.213. The lowest BCUT2D eigenvalue weighted by Crippen LogP contribution is -1.88. The number of rotatable bonds is 3. The van der Waals surface area contributed by atoms with E-state index in [1.54, 1.807) is 12.2 Å². The fourth-order valence-corrected chi connectivity index (χ4v) is 0.640. The highest BCUT2D eigenvalue weighted by Gasteiger charge is 1.82. The van der Waals surface area contributed by atoms with Gasteiger partial charge in [-0.25, -0.2) is 4.21 Å². The Bertz CT molecular complexity index is 102. The van der Waals surface area contributed by atoms with Gasteiger partial charge < -0.3 is 4.55 Å². The molecule has 0 spiro atoms. The molecule has 1 atom stereocenters. The van der Waals surface area contributed by atoms with E-state index >= 15 is 0 Å². The summed E-state index contributed by atoms with van der Waals surface area (Å²) in [6, 6.07) is 0. The monoisotopic (exact) mass is 154 g/mol. The van der Waals surface area contributed by atoms with E-state index in [1.807, 2.05) is 0 Å². The van der Waals surface area contributed by atoms with Gasteiger partial charge in [-0.2, -0.15) is 0 Å². The van der Waals surface area contributed by atoms with E-state index in [9.17, 15) is 4.21 Å². The second kappa shape index (κ2) is 5.28. The van der Waals surface area contributed by atoms with Gasteiger partial charge in [-0.1, -0.05) is 12.2 Å². The van der Waals surface area contributed by atoms with Crippen LogP contribution in [0.25, 0.3) is 0 Å². The van der Waals surface area contributed by atoms with Crippen molar-refractivity contribution in [2.45, 2.75) is 0 Å². The molecule has 1 unspecified atom stereocenters. The summed E-state index contributed by atoms with van der Waals surface area (Å²) in [5.74, 6) is 0.573. The Hall–Kier alpha value is 0.140. The molecule has 0 saturated carbocycles. The van der Waals surface area contributed by atoms with Crippen molar-refractivity contribution in [1.82, 2.24) is 0 Å². The Morgan fingerprint density at radius 3 is 2.62 bits per heavy atom. The Morgan fingerprint density at radius 1 is 1.62 bits per heavy atom. The van der Waals surface area contributed by atoms with Crippen molar-refractivity contribution in [2.24, 2.45) is 0 Å². The van der Waals surface area contributed by atoms with Crippen LogP contribution in [0.5, 0.6) is 0 Å². The Kier molecular flexibility index (Phi) is 5.37. The first-order valence-electron chi connectivity index (χ1n) is 2.06. The second-order valence-corrected chi connectivity index (χ2v) is 2.40. The minimum absolute atomic E-state index is 0.173. The molecule has 0 aromatic heterocycles. The molecule has 0 bridgehead atoms. The highest BCUT2D eigenvalue weighted by molar-refractivity contribution is 7.79. The summed E-state index contributed by atoms with van der Waals surface area (Å²) in [7, 11) is 0. The molecular weight excluding hydrogens is 148 g/mol. The molecule has 0 heterocycles. The third-order valence-electron chi connectivity index (χ3n) is 0.495. The summed E-state index contributed by atoms with van der Waals surface area (Å²) in [6.07, 6.45) is 3.21. The predicted octanol–water partition coefficient (Wildman–Crippen LogP) is 1.00. The lowest BCUT2D eigenvalue weighted by Gasteiger charge is -1.80. The summed E-state index contributed by atoms with van der Waals surface area (Å²) < 4.78 is 18.0. The molecule has 48 valence electrons. The maximum absolute atomic E-state index is 9.89. The lowest BCUT2D eigenvalue weighted by atomic mass is 10.6. The molecule has 0 saturated heterocycles. The third-order valence-corrected chi connectivity index (χ3v) is 1.15. The molecule has 0 radical (unpaired) electrons. The van der Waals surface area contributed by atoms with Gasteiger partial charge in [0.1, 0.15) is 0 Å². The first-order valence-corrected chi connectivity index (χ1v) is 3.87. The van der Waals surface area contributed by atoms with Crippen molar-refractivity contribution in [3.8, 4) is 0 Å². The van der Waals surface area contributed by atoms with Gasteiger partial charge in [-0.05, 0) is 0 Å². The van der Waals surface area contributed by atoms with Crippen LogP contribution in [0.15, 0.2) is 12.2 Å². The minimum atomic E-state index is -1.71. The molecule has 4 heteroatoms. The summed E-state index contributed by atoms with van der Waals surface area (Å²) in [4.78, 5) is 0. The highest BCUT2D eigenvalue weighted by Crippen LogP contribution is 1.80. The van der Waals surface area contributed by atoms with Gasteiger partial charge in [0, 0.05) is 5.88 Å². The maximum atomic E-state index is 9.89. The zero-order valence-corrected chi connectivity index (χ0v) is 5.78. The van der Waals surface area contributed by atoms with Gasteiger partial charge >= 0.3 is 0 Å². The number of hydrogen-bond donors (Lipinski definition) is 1. The average molecular weight is 155 g/mol. The average Bonchev–Trinajstić information content (AvgIpc) is 1.66. The Morgan fingerprint density at radius 2 is 2.25 bits per heavy atom. The van der Waals surface area contributed by atoms with Crippen molar-refractivity contribution in [2.75, 3.05) is 11.6 Å². The van der Waals surface area contributed by atoms with Gasteiger partial charge in [0.15, 0.2) is 11.1 Å². The number of halogens is 1. The SMILES string of the molecule is O=S(O)CC=CCCl. The van der Waals surface area contributed by atoms with E-state index in [2.05, 4.69) is 0 Å². The van der Waals surface area contributed by atoms with E-state index < -0.39 is 11.1 Å². The quantitative estimate of drug-likeness (QED) is 0.374. The van der Waals surface area contributed by atoms with E-state index in [0.717, 1.165) is 0 Å². The topological polar surface area (TPSA) is 37.3 Å². The van der Waals surface area contributed by atoms with E-state index in [4.69, 9.17) is 16.2 Å². The molecule has 0 aromatic rings. The third kappa shape index (κ3) is 6.14. The van der Waals surface area contributed by atoms with Crippen LogP contribution in [-0.2, 0) is 11.1 Å². The number of alkyl halides is 1. The summed E-state index contributed by atoms with van der Waals surface area (Å²) in [5, 5.41) is 0. The van der Waals surface area contributed by atoms with Gasteiger partial charge in [0.05, 0.1) is 5.75 Å². The molecule has 0 fully saturated rings. The van der Waals surface area contributed by atoms with Crippen LogP contribution in [-0.4, -0.2) is 20.4 Å². The molecule has 1 N–H and O–H groups in total. The first kappa shape index (κ1) is 8.14. The van der Waals surface area contributed by atoms with Crippen LogP contribution in [0, 0.1) is 0 Å². The normalized spacial score (nSPS) is 14.8. The summed E-state index contributed by atoms with van der Waals surface area (Å²) in [6.45, 7) is 0. The molecule has 0 aliphatic carbocycles. The Balaban J connectivity index is 3.16. The summed E-state index contributed by atoms with van der Waals surface area (Å²) >= 11 is 3.51. The van der Waals surface area contributed by atoms with Crippen molar-refractivity contribution >= 4 is 22.7 Å². The van der Waals surface area contributed by atoms with Crippen LogP contribution in [0.3, 0.4) is 0 Å². The molecule has 0 aliphatic rings. The molecule has 0 rings (SSSR count). The van der Waals surface area contributed by atoms with Crippen LogP contribution in [0.1, 0.15) is 0 Å². The van der Waals surface area contributed by atoms with Crippen molar-refractivity contribution in [3.05, 3.63) is 12.2 Å². The zero-order valence-electron chi connectivity index (χ0n) is 4.21. The molecule has 0 aliphatic heterocycles. The van der Waals surface area contributed by atoms with E-state index in [-0.39, 0.29) is 5.75 Å². The van der Waals surface area contributed by atoms with Crippen molar-refractivity contribution in [3.63, 3.8) is 0 Å². The second-order valence-electron chi connectivity index (χ2n) is 1.11. The molecule has 0 amide bonds. The minimum Gasteiger partial charge on any atom is -0.306 e. The number of allylic oxidation sites excluding steroid dienone is 1. The van der Waals surface area contributed by atoms with Crippen LogP contribution in [0.2, 0.25) is 0 Å². The van der Waals surface area contributed by atoms with Crippen molar-refractivity contribution < 1.29 is 8.76 Å². The molecule has 2 nitrogen and oxygen atoms in total. The molecule has 0 aromatic carbocycles. The van der Waals surface area contributed by atoms with Gasteiger partial charge in [0.2, 0.25) is 0 Å². The van der Waals surface area contributed by atoms with E-state index in [0.29, 0.717) is 5.88 Å². The van der Waals surface area contributed by atoms with Gasteiger partial charge in [-0.15, -0.1) is 11.6 Å². The van der Waals surface area contributed by atoms with E-state index in [1.165, 1.54) is 0 Å². The van der Waals surface area contributed by atoms with Crippen molar-refractivity contribution in [1.29, 1.82) is 0 Å². The summed E-state index contributed by atoms with van der Waals surface area (Å²) in [5.41, 5.74) is 0. The highest BCUT2D eigenvalue weighted by atomic mass is 35.5. The largest absolute Gasteiger partial charge is 0.306 e. The van der Waals surface area contributed by atoms with Crippen LogP contribution < -0.4 is 0 Å².